The van der Waals surface area contributed by atoms with Gasteiger partial charge in [-0.3, -0.25) is 4.57 Å². The van der Waals surface area contributed by atoms with Crippen molar-refractivity contribution >= 4 is 15.0 Å². The lowest BCUT2D eigenvalue weighted by molar-refractivity contribution is -0.704. The second-order valence-corrected chi connectivity index (χ2v) is 9.37. The molecule has 0 fully saturated rings. The number of aromatic nitrogens is 1. The molecule has 19 heavy (non-hydrogen) atoms. The third-order valence-corrected chi connectivity index (χ3v) is 7.09. The summed E-state index contributed by atoms with van der Waals surface area (Å²) in [6.07, 6.45) is 3.01. The van der Waals surface area contributed by atoms with Gasteiger partial charge in [0.15, 0.2) is 26.5 Å². The lowest BCUT2D eigenvalue weighted by Crippen LogP contribution is -2.49. The first kappa shape index (κ1) is 16.5. The monoisotopic (exact) mass is 309 g/mol. The van der Waals surface area contributed by atoms with Crippen molar-refractivity contribution in [3.05, 3.63) is 29.6 Å². The Balaban J connectivity index is 3.31. The summed E-state index contributed by atoms with van der Waals surface area (Å²) < 4.78 is 24.1. The Bertz CT molecular complexity index is 533. The molecular formula is C10H17NO6P2. The highest BCUT2D eigenvalue weighted by atomic mass is 31.2. The highest BCUT2D eigenvalue weighted by Gasteiger charge is 2.54. The first-order chi connectivity index (χ1) is 8.37. The molecule has 9 heteroatoms. The molecule has 0 aliphatic rings. The van der Waals surface area contributed by atoms with Crippen LogP contribution in [0.2, 0.25) is 0 Å². The number of hydrogen-bond acceptors (Lipinski definition) is 4. The van der Waals surface area contributed by atoms with Crippen molar-refractivity contribution in [1.82, 2.24) is 0 Å². The first-order valence-corrected chi connectivity index (χ1v) is 9.09. The average molecular weight is 309 g/mol. The van der Waals surface area contributed by atoms with Gasteiger partial charge in [0.05, 0.1) is 0 Å². The van der Waals surface area contributed by atoms with Gasteiger partial charge in [-0.15, -0.1) is 0 Å². The van der Waals surface area contributed by atoms with Crippen molar-refractivity contribution in [2.24, 2.45) is 0 Å². The zero-order valence-electron chi connectivity index (χ0n) is 10.8. The van der Waals surface area contributed by atoms with Crippen molar-refractivity contribution in [3.8, 4) is 0 Å². The van der Waals surface area contributed by atoms with Crippen LogP contribution in [0.3, 0.4) is 0 Å². The van der Waals surface area contributed by atoms with Crippen molar-refractivity contribution in [2.75, 3.05) is 6.66 Å². The van der Waals surface area contributed by atoms with Crippen LogP contribution in [0.5, 0.6) is 0 Å². The molecule has 0 aliphatic heterocycles. The van der Waals surface area contributed by atoms with Crippen LogP contribution >= 0.6 is 15.0 Å². The molecule has 1 aromatic rings. The Morgan fingerprint density at radius 2 is 1.68 bits per heavy atom. The molecule has 0 saturated heterocycles. The van der Waals surface area contributed by atoms with Crippen LogP contribution in [-0.4, -0.2) is 26.6 Å². The molecule has 0 spiro atoms. The summed E-state index contributed by atoms with van der Waals surface area (Å²) in [5.41, 5.74) is 1.56. The van der Waals surface area contributed by atoms with Crippen LogP contribution in [0, 0.1) is 13.8 Å². The fraction of sp³-hybridized carbons (Fsp3) is 0.500. The van der Waals surface area contributed by atoms with E-state index in [1.165, 1.54) is 17.0 Å². The largest absolute Gasteiger partial charge is 0.776 e. The normalized spacial score (nSPS) is 21.2. The van der Waals surface area contributed by atoms with Crippen molar-refractivity contribution in [2.45, 2.75) is 25.5 Å². The van der Waals surface area contributed by atoms with Crippen LogP contribution < -0.4 is 9.46 Å². The van der Waals surface area contributed by atoms with E-state index in [9.17, 15) is 24.0 Å². The maximum atomic E-state index is 11.6. The molecule has 0 aliphatic carbocycles. The van der Waals surface area contributed by atoms with Gasteiger partial charge in [-0.1, -0.05) is 0 Å². The highest BCUT2D eigenvalue weighted by molar-refractivity contribution is 7.74. The van der Waals surface area contributed by atoms with Gasteiger partial charge in [0.2, 0.25) is 7.37 Å². The van der Waals surface area contributed by atoms with Gasteiger partial charge in [0.1, 0.15) is 0 Å². The summed E-state index contributed by atoms with van der Waals surface area (Å²) in [6, 6.07) is 1.82. The Labute approximate surface area is 111 Å². The van der Waals surface area contributed by atoms with Crippen molar-refractivity contribution in [1.29, 1.82) is 0 Å². The summed E-state index contributed by atoms with van der Waals surface area (Å²) in [5.74, 6) is 0. The zero-order chi connectivity index (χ0) is 15.1. The van der Waals surface area contributed by atoms with E-state index in [0.717, 1.165) is 11.1 Å². The van der Waals surface area contributed by atoms with E-state index in [4.69, 9.17) is 4.89 Å². The SMILES string of the molecule is Cc1cc(C)c[n+](CC(O)(P(C)(=O)O)P(=O)([O-])O)c1. The molecule has 3 unspecified atom stereocenters. The molecule has 1 rings (SSSR count). The van der Waals surface area contributed by atoms with E-state index >= 15 is 0 Å². The molecular weight excluding hydrogens is 292 g/mol. The van der Waals surface area contributed by atoms with E-state index in [-0.39, 0.29) is 0 Å². The molecule has 0 radical (unpaired) electrons. The highest BCUT2D eigenvalue weighted by Crippen LogP contribution is 2.65. The minimum atomic E-state index is -5.43. The molecule has 0 aromatic carbocycles. The Morgan fingerprint density at radius 1 is 1.26 bits per heavy atom. The van der Waals surface area contributed by atoms with Gasteiger partial charge in [-0.25, -0.2) is 4.57 Å². The van der Waals surface area contributed by atoms with Gasteiger partial charge >= 0.3 is 0 Å². The maximum absolute atomic E-state index is 11.6. The number of nitrogens with zero attached hydrogens (tertiary/aromatic N) is 1. The van der Waals surface area contributed by atoms with Gasteiger partial charge in [0, 0.05) is 17.8 Å². The third kappa shape index (κ3) is 3.51. The fourth-order valence-corrected chi connectivity index (χ4v) is 4.43. The van der Waals surface area contributed by atoms with Crippen molar-refractivity contribution in [3.63, 3.8) is 0 Å². The van der Waals surface area contributed by atoms with E-state index in [2.05, 4.69) is 0 Å². The second-order valence-electron chi connectivity index (χ2n) is 4.74. The Kier molecular flexibility index (Phi) is 4.42. The molecule has 108 valence electrons. The molecule has 7 nitrogen and oxygen atoms in total. The average Bonchev–Trinajstić information content (AvgIpc) is 2.11. The zero-order valence-corrected chi connectivity index (χ0v) is 12.6. The molecule has 3 N–H and O–H groups in total. The molecule has 1 heterocycles. The minimum absolute atomic E-state index is 0.691. The molecule has 0 amide bonds. The lowest BCUT2D eigenvalue weighted by Gasteiger charge is -2.35. The van der Waals surface area contributed by atoms with Gasteiger partial charge in [0.25, 0.3) is 5.08 Å². The van der Waals surface area contributed by atoms with E-state index < -0.39 is 26.6 Å². The second kappa shape index (κ2) is 5.09. The van der Waals surface area contributed by atoms with Gasteiger partial charge in [-0.2, -0.15) is 0 Å². The van der Waals surface area contributed by atoms with Gasteiger partial charge in [-0.05, 0) is 19.9 Å². The first-order valence-electron chi connectivity index (χ1n) is 5.41. The van der Waals surface area contributed by atoms with Crippen LogP contribution in [0.15, 0.2) is 18.5 Å². The number of pyridine rings is 1. The molecule has 3 atom stereocenters. The Hall–Kier alpha value is -0.550. The van der Waals surface area contributed by atoms with Crippen LogP contribution in [0.1, 0.15) is 11.1 Å². The fourth-order valence-electron chi connectivity index (χ4n) is 1.79. The summed E-state index contributed by atoms with van der Waals surface area (Å²) in [5, 5.41) is 6.85. The van der Waals surface area contributed by atoms with Crippen LogP contribution in [0.4, 0.5) is 0 Å². The summed E-state index contributed by atoms with van der Waals surface area (Å²) >= 11 is 0. The Morgan fingerprint density at radius 3 is 2.00 bits per heavy atom. The molecule has 1 aromatic heterocycles. The molecule has 0 bridgehead atoms. The number of hydrogen-bond donors (Lipinski definition) is 3. The number of aryl methyl sites for hydroxylation is 2. The molecule has 0 saturated carbocycles. The van der Waals surface area contributed by atoms with Crippen LogP contribution in [-0.2, 0) is 15.7 Å². The van der Waals surface area contributed by atoms with Gasteiger partial charge < -0.3 is 24.4 Å². The standard InChI is InChI=1S/C10H17NO6P2/c1-8-4-9(2)6-11(5-8)7-10(12,18(3,13)14)19(15,16)17/h4-6,12H,7H2,1-3H3,(H2-,13,14,15,16,17). The third-order valence-electron chi connectivity index (χ3n) is 2.71. The smallest absolute Gasteiger partial charge is 0.263 e. The summed E-state index contributed by atoms with van der Waals surface area (Å²) in [7, 11) is -9.93. The number of rotatable bonds is 4. The van der Waals surface area contributed by atoms with E-state index in [1.807, 2.05) is 6.07 Å². The predicted octanol–water partition coefficient (Wildman–Crippen LogP) is -0.317. The quantitative estimate of drug-likeness (QED) is 0.518. The van der Waals surface area contributed by atoms with Crippen LogP contribution in [0.25, 0.3) is 0 Å². The van der Waals surface area contributed by atoms with E-state index in [1.54, 1.807) is 13.8 Å². The van der Waals surface area contributed by atoms with E-state index in [0.29, 0.717) is 6.66 Å². The summed E-state index contributed by atoms with van der Waals surface area (Å²) in [6.45, 7) is 3.47. The predicted molar refractivity (Wildman–Crippen MR) is 66.6 cm³/mol. The van der Waals surface area contributed by atoms with Crippen molar-refractivity contribution < 1.29 is 33.5 Å². The minimum Gasteiger partial charge on any atom is -0.776 e. The maximum Gasteiger partial charge on any atom is 0.263 e. The topological polar surface area (TPSA) is 122 Å². The summed E-state index contributed by atoms with van der Waals surface area (Å²) in [4.78, 5) is 29.8. The number of aliphatic hydroxyl groups is 1. The lowest BCUT2D eigenvalue weighted by atomic mass is 10.2.